The summed E-state index contributed by atoms with van der Waals surface area (Å²) >= 11 is 1.83. The van der Waals surface area contributed by atoms with E-state index >= 15 is 0 Å². The lowest BCUT2D eigenvalue weighted by molar-refractivity contribution is 0.865. The van der Waals surface area contributed by atoms with Gasteiger partial charge in [-0.1, -0.05) is 0 Å². The van der Waals surface area contributed by atoms with Crippen molar-refractivity contribution in [3.63, 3.8) is 0 Å². The van der Waals surface area contributed by atoms with Crippen LogP contribution < -0.4 is 10.6 Å². The lowest BCUT2D eigenvalue weighted by Gasteiger charge is -2.15. The van der Waals surface area contributed by atoms with Crippen LogP contribution in [0.4, 0.5) is 11.6 Å². The molecule has 1 unspecified atom stereocenters. The number of aryl methyl sites for hydroxylation is 3. The van der Waals surface area contributed by atoms with E-state index < -0.39 is 0 Å². The highest BCUT2D eigenvalue weighted by Crippen LogP contribution is 2.28. The fraction of sp³-hybridized carbons (Fsp3) is 0.429. The van der Waals surface area contributed by atoms with Gasteiger partial charge in [-0.3, -0.25) is 0 Å². The minimum atomic E-state index is 0.240. The summed E-state index contributed by atoms with van der Waals surface area (Å²) in [5.41, 5.74) is 1.34. The van der Waals surface area contributed by atoms with E-state index in [1.807, 2.05) is 31.4 Å². The van der Waals surface area contributed by atoms with Crippen molar-refractivity contribution < 1.29 is 0 Å². The van der Waals surface area contributed by atoms with Gasteiger partial charge in [0, 0.05) is 22.9 Å². The molecule has 0 saturated heterocycles. The molecule has 0 aliphatic carbocycles. The summed E-state index contributed by atoms with van der Waals surface area (Å²) in [6.45, 7) is 8.36. The highest BCUT2D eigenvalue weighted by Gasteiger charge is 2.12. The monoisotopic (exact) mass is 276 g/mol. The Bertz CT molecular complexity index is 577. The van der Waals surface area contributed by atoms with Crippen molar-refractivity contribution in [3.05, 3.63) is 33.3 Å². The smallest absolute Gasteiger partial charge is 0.132 e. The first-order valence-electron chi connectivity index (χ1n) is 6.36. The van der Waals surface area contributed by atoms with Crippen molar-refractivity contribution in [1.29, 1.82) is 0 Å². The molecule has 2 aromatic rings. The third kappa shape index (κ3) is 3.23. The molecule has 0 spiro atoms. The third-order valence-corrected chi connectivity index (χ3v) is 3.99. The zero-order chi connectivity index (χ0) is 14.0. The average Bonchev–Trinajstić information content (AvgIpc) is 2.67. The Morgan fingerprint density at radius 1 is 1.11 bits per heavy atom. The van der Waals surface area contributed by atoms with E-state index in [4.69, 9.17) is 0 Å². The zero-order valence-electron chi connectivity index (χ0n) is 12.0. The molecule has 0 bridgehead atoms. The van der Waals surface area contributed by atoms with E-state index in [-0.39, 0.29) is 6.04 Å². The molecule has 4 nitrogen and oxygen atoms in total. The van der Waals surface area contributed by atoms with Crippen LogP contribution >= 0.6 is 11.3 Å². The largest absolute Gasteiger partial charge is 0.373 e. The Labute approximate surface area is 118 Å². The molecule has 2 aromatic heterocycles. The normalized spacial score (nSPS) is 12.3. The summed E-state index contributed by atoms with van der Waals surface area (Å²) in [5, 5.41) is 6.49. The first kappa shape index (κ1) is 13.8. The second-order valence-corrected chi connectivity index (χ2v) is 6.13. The third-order valence-electron chi connectivity index (χ3n) is 3.00. The zero-order valence-corrected chi connectivity index (χ0v) is 12.9. The number of rotatable bonds is 4. The molecule has 102 valence electrons. The van der Waals surface area contributed by atoms with Crippen LogP contribution in [0.3, 0.4) is 0 Å². The van der Waals surface area contributed by atoms with Crippen molar-refractivity contribution in [2.45, 2.75) is 33.7 Å². The summed E-state index contributed by atoms with van der Waals surface area (Å²) in [5.74, 6) is 2.45. The number of hydrogen-bond acceptors (Lipinski definition) is 5. The van der Waals surface area contributed by atoms with Gasteiger partial charge in [0.05, 0.1) is 6.04 Å². The topological polar surface area (TPSA) is 49.8 Å². The van der Waals surface area contributed by atoms with Crippen LogP contribution in [-0.4, -0.2) is 17.0 Å². The maximum absolute atomic E-state index is 4.42. The summed E-state index contributed by atoms with van der Waals surface area (Å²) < 4.78 is 0. The Morgan fingerprint density at radius 3 is 2.37 bits per heavy atom. The van der Waals surface area contributed by atoms with Gasteiger partial charge in [0.15, 0.2) is 0 Å². The van der Waals surface area contributed by atoms with Gasteiger partial charge in [0.2, 0.25) is 0 Å². The lowest BCUT2D eigenvalue weighted by Crippen LogP contribution is -2.09. The van der Waals surface area contributed by atoms with Crippen LogP contribution in [0.25, 0.3) is 0 Å². The number of aromatic nitrogens is 2. The molecular formula is C14H20N4S. The van der Waals surface area contributed by atoms with Crippen molar-refractivity contribution in [2.75, 3.05) is 17.7 Å². The molecule has 0 aromatic carbocycles. The molecule has 0 aliphatic heterocycles. The maximum atomic E-state index is 4.42. The predicted molar refractivity (Wildman–Crippen MR) is 82.1 cm³/mol. The number of anilines is 2. The van der Waals surface area contributed by atoms with Crippen LogP contribution in [0, 0.1) is 20.8 Å². The average molecular weight is 276 g/mol. The highest BCUT2D eigenvalue weighted by atomic mass is 32.1. The van der Waals surface area contributed by atoms with Gasteiger partial charge in [-0.25, -0.2) is 9.97 Å². The van der Waals surface area contributed by atoms with E-state index in [0.29, 0.717) is 0 Å². The quantitative estimate of drug-likeness (QED) is 0.894. The maximum Gasteiger partial charge on any atom is 0.132 e. The van der Waals surface area contributed by atoms with Gasteiger partial charge in [-0.2, -0.15) is 0 Å². The van der Waals surface area contributed by atoms with Gasteiger partial charge < -0.3 is 10.6 Å². The van der Waals surface area contributed by atoms with Crippen LogP contribution in [0.1, 0.15) is 34.1 Å². The van der Waals surface area contributed by atoms with Crippen molar-refractivity contribution in [3.8, 4) is 0 Å². The first-order chi connectivity index (χ1) is 8.99. The van der Waals surface area contributed by atoms with Crippen molar-refractivity contribution >= 4 is 23.0 Å². The van der Waals surface area contributed by atoms with Crippen LogP contribution in [0.2, 0.25) is 0 Å². The molecule has 19 heavy (non-hydrogen) atoms. The van der Waals surface area contributed by atoms with Crippen LogP contribution in [0.5, 0.6) is 0 Å². The summed E-state index contributed by atoms with van der Waals surface area (Å²) in [6.07, 6.45) is 0. The van der Waals surface area contributed by atoms with Crippen molar-refractivity contribution in [1.82, 2.24) is 9.97 Å². The van der Waals surface area contributed by atoms with Gasteiger partial charge in [-0.15, -0.1) is 11.3 Å². The molecule has 0 fully saturated rings. The van der Waals surface area contributed by atoms with Gasteiger partial charge in [-0.05, 0) is 39.3 Å². The molecule has 0 aliphatic rings. The van der Waals surface area contributed by atoms with Crippen LogP contribution in [-0.2, 0) is 0 Å². The van der Waals surface area contributed by atoms with E-state index in [9.17, 15) is 0 Å². The highest BCUT2D eigenvalue weighted by molar-refractivity contribution is 7.12. The molecule has 0 saturated carbocycles. The van der Waals surface area contributed by atoms with Crippen molar-refractivity contribution in [2.24, 2.45) is 0 Å². The van der Waals surface area contributed by atoms with E-state index in [1.165, 1.54) is 15.3 Å². The Morgan fingerprint density at radius 2 is 1.79 bits per heavy atom. The summed E-state index contributed by atoms with van der Waals surface area (Å²) in [6, 6.07) is 4.41. The minimum Gasteiger partial charge on any atom is -0.373 e. The van der Waals surface area contributed by atoms with E-state index in [1.54, 1.807) is 0 Å². The summed E-state index contributed by atoms with van der Waals surface area (Å²) in [4.78, 5) is 11.4. The molecular weight excluding hydrogens is 256 g/mol. The molecule has 5 heteroatoms. The minimum absolute atomic E-state index is 0.240. The van der Waals surface area contributed by atoms with E-state index in [2.05, 4.69) is 47.4 Å². The second kappa shape index (κ2) is 5.57. The fourth-order valence-corrected chi connectivity index (χ4v) is 3.17. The number of hydrogen-bond donors (Lipinski definition) is 2. The molecule has 2 rings (SSSR count). The Hall–Kier alpha value is -1.62. The van der Waals surface area contributed by atoms with Gasteiger partial charge >= 0.3 is 0 Å². The fourth-order valence-electron chi connectivity index (χ4n) is 2.15. The molecule has 2 N–H and O–H groups in total. The predicted octanol–water partition coefficient (Wildman–Crippen LogP) is 3.68. The standard InChI is InChI=1S/C14H20N4S/c1-8-6-12(10(3)19-8)9(2)16-14-7-13(15-5)17-11(4)18-14/h6-7,9H,1-5H3,(H2,15,16,17,18). The number of nitrogens with zero attached hydrogens (tertiary/aromatic N) is 2. The summed E-state index contributed by atoms with van der Waals surface area (Å²) in [7, 11) is 1.86. The Balaban J connectivity index is 2.21. The number of nitrogens with one attached hydrogen (secondary N) is 2. The number of thiophene rings is 1. The first-order valence-corrected chi connectivity index (χ1v) is 7.18. The molecule has 2 heterocycles. The van der Waals surface area contributed by atoms with E-state index in [0.717, 1.165) is 17.5 Å². The van der Waals surface area contributed by atoms with Gasteiger partial charge in [0.1, 0.15) is 17.5 Å². The second-order valence-electron chi connectivity index (χ2n) is 4.67. The van der Waals surface area contributed by atoms with Gasteiger partial charge in [0.25, 0.3) is 0 Å². The molecule has 0 amide bonds. The lowest BCUT2D eigenvalue weighted by atomic mass is 10.1. The molecule has 1 atom stereocenters. The molecule has 0 radical (unpaired) electrons. The Kier molecular flexibility index (Phi) is 4.04. The SMILES string of the molecule is CNc1cc(NC(C)c2cc(C)sc2C)nc(C)n1. The van der Waals surface area contributed by atoms with Crippen LogP contribution in [0.15, 0.2) is 12.1 Å².